The first kappa shape index (κ1) is 17.6. The van der Waals surface area contributed by atoms with Gasteiger partial charge >= 0.3 is 6.09 Å². The summed E-state index contributed by atoms with van der Waals surface area (Å²) < 4.78 is 24.3. The lowest BCUT2D eigenvalue weighted by atomic mass is 9.92. The summed E-state index contributed by atoms with van der Waals surface area (Å²) in [6.07, 6.45) is 2.38. The highest BCUT2D eigenvalue weighted by Crippen LogP contribution is 2.43. The number of hydrogen-bond donors (Lipinski definition) is 1. The third-order valence-corrected chi connectivity index (χ3v) is 5.59. The van der Waals surface area contributed by atoms with Crippen LogP contribution in [0.15, 0.2) is 30.5 Å². The third kappa shape index (κ3) is 2.65. The smallest absolute Gasteiger partial charge is 0.412 e. The van der Waals surface area contributed by atoms with Crippen LogP contribution in [0.3, 0.4) is 0 Å². The minimum Gasteiger partial charge on any atom is -0.493 e. The van der Waals surface area contributed by atoms with Crippen LogP contribution in [0, 0.1) is 6.92 Å². The van der Waals surface area contributed by atoms with E-state index < -0.39 is 6.09 Å². The van der Waals surface area contributed by atoms with Gasteiger partial charge in [0.05, 0.1) is 18.1 Å². The van der Waals surface area contributed by atoms with Crippen LogP contribution in [0.2, 0.25) is 0 Å². The quantitative estimate of drug-likeness (QED) is 0.678. The van der Waals surface area contributed by atoms with E-state index in [0.717, 1.165) is 52.1 Å². The molecule has 3 aromatic rings. The van der Waals surface area contributed by atoms with Crippen molar-refractivity contribution < 1.29 is 28.3 Å². The fraction of sp³-hybridized carbons (Fsp3) is 0.273. The summed E-state index contributed by atoms with van der Waals surface area (Å²) in [4.78, 5) is 11.9. The average Bonchev–Trinajstić information content (AvgIpc) is 3.19. The number of aryl methyl sites for hydroxylation is 3. The van der Waals surface area contributed by atoms with Crippen LogP contribution in [-0.4, -0.2) is 27.0 Å². The Hall–Kier alpha value is -3.48. The van der Waals surface area contributed by atoms with Crippen molar-refractivity contribution in [3.63, 3.8) is 0 Å². The fourth-order valence-corrected chi connectivity index (χ4v) is 4.19. The lowest BCUT2D eigenvalue weighted by molar-refractivity contribution is -0.686. The number of aromatic nitrogens is 1. The van der Waals surface area contributed by atoms with Crippen LogP contribution in [0.1, 0.15) is 11.1 Å². The molecular weight excluding hydrogens is 372 g/mol. The van der Waals surface area contributed by atoms with Crippen LogP contribution in [0.5, 0.6) is 23.0 Å². The molecule has 2 aliphatic rings. The molecule has 0 bridgehead atoms. The second kappa shape index (κ2) is 6.55. The van der Waals surface area contributed by atoms with Gasteiger partial charge in [-0.25, -0.2) is 4.79 Å². The Morgan fingerprint density at radius 1 is 1.17 bits per heavy atom. The van der Waals surface area contributed by atoms with E-state index in [1.54, 1.807) is 7.11 Å². The molecule has 1 amide bonds. The maximum absolute atomic E-state index is 11.9. The molecular formula is C22H21N2O5+. The molecule has 1 N–H and O–H groups in total. The zero-order valence-corrected chi connectivity index (χ0v) is 16.5. The van der Waals surface area contributed by atoms with Crippen LogP contribution in [-0.2, 0) is 13.0 Å². The molecule has 0 radical (unpaired) electrons. The van der Waals surface area contributed by atoms with Crippen LogP contribution in [0.25, 0.3) is 22.0 Å². The number of pyridine rings is 1. The van der Waals surface area contributed by atoms with E-state index in [4.69, 9.17) is 18.9 Å². The number of carbonyl (C=O) groups is 1. The number of carbonyl (C=O) groups excluding carboxylic acids is 1. The lowest BCUT2D eigenvalue weighted by Crippen LogP contribution is -2.41. The van der Waals surface area contributed by atoms with Gasteiger partial charge in [-0.2, -0.15) is 4.57 Å². The zero-order chi connectivity index (χ0) is 20.1. The Morgan fingerprint density at radius 2 is 1.97 bits per heavy atom. The van der Waals surface area contributed by atoms with Gasteiger partial charge in [0.25, 0.3) is 0 Å². The van der Waals surface area contributed by atoms with Crippen molar-refractivity contribution in [1.82, 2.24) is 5.32 Å². The highest BCUT2D eigenvalue weighted by molar-refractivity contribution is 5.96. The van der Waals surface area contributed by atoms with Crippen molar-refractivity contribution in [2.24, 2.45) is 0 Å². The summed E-state index contributed by atoms with van der Waals surface area (Å²) in [5.74, 6) is 2.51. The predicted octanol–water partition coefficient (Wildman–Crippen LogP) is 3.11. The molecule has 7 heteroatoms. The topological polar surface area (TPSA) is 69.9 Å². The van der Waals surface area contributed by atoms with E-state index >= 15 is 0 Å². The summed E-state index contributed by atoms with van der Waals surface area (Å²) in [5.41, 5.74) is 4.62. The van der Waals surface area contributed by atoms with Gasteiger partial charge in [0, 0.05) is 24.4 Å². The van der Waals surface area contributed by atoms with Crippen molar-refractivity contribution >= 4 is 16.9 Å². The largest absolute Gasteiger partial charge is 0.493 e. The van der Waals surface area contributed by atoms with E-state index in [1.807, 2.05) is 18.3 Å². The van der Waals surface area contributed by atoms with Gasteiger partial charge in [0.2, 0.25) is 12.5 Å². The maximum Gasteiger partial charge on any atom is 0.412 e. The monoisotopic (exact) mass is 393 g/mol. The van der Waals surface area contributed by atoms with Gasteiger partial charge in [-0.15, -0.1) is 0 Å². The average molecular weight is 393 g/mol. The summed E-state index contributed by atoms with van der Waals surface area (Å²) in [7, 11) is 3.10. The molecule has 0 fully saturated rings. The molecule has 29 heavy (non-hydrogen) atoms. The van der Waals surface area contributed by atoms with Crippen LogP contribution in [0.4, 0.5) is 4.79 Å². The summed E-state index contributed by atoms with van der Waals surface area (Å²) >= 11 is 0. The van der Waals surface area contributed by atoms with Gasteiger partial charge in [-0.1, -0.05) is 0 Å². The lowest BCUT2D eigenvalue weighted by Gasteiger charge is -2.19. The number of rotatable bonds is 2. The molecule has 0 saturated carbocycles. The molecule has 2 aromatic carbocycles. The Balaban J connectivity index is 1.76. The molecule has 0 spiro atoms. The van der Waals surface area contributed by atoms with Crippen molar-refractivity contribution in [2.75, 3.05) is 21.0 Å². The van der Waals surface area contributed by atoms with Gasteiger partial charge in [-0.3, -0.25) is 0 Å². The van der Waals surface area contributed by atoms with Crippen molar-refractivity contribution in [2.45, 2.75) is 19.9 Å². The third-order valence-electron chi connectivity index (χ3n) is 5.59. The number of benzene rings is 2. The van der Waals surface area contributed by atoms with E-state index in [1.165, 1.54) is 12.6 Å². The number of ether oxygens (including phenoxy) is 4. The minimum atomic E-state index is -0.533. The van der Waals surface area contributed by atoms with Gasteiger partial charge in [0.1, 0.15) is 0 Å². The maximum atomic E-state index is 11.9. The molecule has 3 heterocycles. The standard InChI is InChI=1S/C22H20N2O5/c1-12-14-4-5-17(26-3)21(29-22(25)23-2)16(14)10-24-7-6-13-8-18-19(28-11-27-18)9-15(13)20(12)24/h4-5,8-10H,6-7,11H2,1-3H3/p+1. The highest BCUT2D eigenvalue weighted by atomic mass is 16.7. The predicted molar refractivity (Wildman–Crippen MR) is 106 cm³/mol. The van der Waals surface area contributed by atoms with Gasteiger partial charge in [0.15, 0.2) is 35.7 Å². The summed E-state index contributed by atoms with van der Waals surface area (Å²) in [5, 5.41) is 4.33. The first-order chi connectivity index (χ1) is 14.1. The van der Waals surface area contributed by atoms with Crippen LogP contribution < -0.4 is 28.8 Å². The fourth-order valence-electron chi connectivity index (χ4n) is 4.19. The minimum absolute atomic E-state index is 0.259. The molecule has 7 nitrogen and oxygen atoms in total. The van der Waals surface area contributed by atoms with Crippen molar-refractivity contribution in [3.05, 3.63) is 41.6 Å². The van der Waals surface area contributed by atoms with Gasteiger partial charge in [-0.05, 0) is 36.8 Å². The first-order valence-electron chi connectivity index (χ1n) is 9.47. The number of amides is 1. The molecule has 0 unspecified atom stereocenters. The highest BCUT2D eigenvalue weighted by Gasteiger charge is 2.31. The van der Waals surface area contributed by atoms with Gasteiger partial charge < -0.3 is 24.3 Å². The zero-order valence-electron chi connectivity index (χ0n) is 16.5. The Labute approximate surface area is 167 Å². The molecule has 0 aliphatic carbocycles. The van der Waals surface area contributed by atoms with Crippen molar-refractivity contribution in [3.8, 4) is 34.3 Å². The van der Waals surface area contributed by atoms with E-state index in [0.29, 0.717) is 11.5 Å². The number of hydrogen-bond acceptors (Lipinski definition) is 5. The number of methoxy groups -OCH3 is 1. The molecule has 5 rings (SSSR count). The SMILES string of the molecule is CNC(=O)Oc1c(OC)ccc2c(C)c3[n+](cc12)CCc1cc2c(cc1-3)OCO2. The molecule has 2 aliphatic heterocycles. The van der Waals surface area contributed by atoms with E-state index in [2.05, 4.69) is 28.9 Å². The number of fused-ring (bicyclic) bond motifs is 5. The summed E-state index contributed by atoms with van der Waals surface area (Å²) in [6, 6.07) is 7.97. The normalized spacial score (nSPS) is 13.6. The molecule has 0 atom stereocenters. The molecule has 0 saturated heterocycles. The Morgan fingerprint density at radius 3 is 2.72 bits per heavy atom. The second-order valence-electron chi connectivity index (χ2n) is 7.11. The van der Waals surface area contributed by atoms with Crippen molar-refractivity contribution in [1.29, 1.82) is 0 Å². The number of nitrogens with zero attached hydrogens (tertiary/aromatic N) is 1. The molecule has 1 aromatic heterocycles. The Kier molecular flexibility index (Phi) is 3.97. The summed E-state index contributed by atoms with van der Waals surface area (Å²) in [6.45, 7) is 3.16. The second-order valence-corrected chi connectivity index (χ2v) is 7.11. The van der Waals surface area contributed by atoms with E-state index in [-0.39, 0.29) is 6.79 Å². The first-order valence-corrected chi connectivity index (χ1v) is 9.47. The Bertz CT molecular complexity index is 1170. The van der Waals surface area contributed by atoms with E-state index in [9.17, 15) is 4.79 Å². The number of nitrogens with one attached hydrogen (secondary N) is 1. The molecule has 148 valence electrons. The van der Waals surface area contributed by atoms with Crippen LogP contribution >= 0.6 is 0 Å².